The van der Waals surface area contributed by atoms with Crippen LogP contribution < -0.4 is 5.73 Å². The summed E-state index contributed by atoms with van der Waals surface area (Å²) in [7, 11) is 0. The van der Waals surface area contributed by atoms with E-state index in [-0.39, 0.29) is 6.54 Å². The van der Waals surface area contributed by atoms with Gasteiger partial charge in [0.2, 0.25) is 0 Å². The predicted octanol–water partition coefficient (Wildman–Crippen LogP) is 1.85. The third-order valence-corrected chi connectivity index (χ3v) is 4.32. The van der Waals surface area contributed by atoms with Gasteiger partial charge in [-0.15, -0.1) is 0 Å². The highest BCUT2D eigenvalue weighted by atomic mass is 16.6. The molecule has 0 radical (unpaired) electrons. The van der Waals surface area contributed by atoms with Crippen LogP contribution in [0, 0.1) is 5.92 Å². The molecule has 3 rings (SSSR count). The number of para-hydroxylation sites is 1. The van der Waals surface area contributed by atoms with Crippen LogP contribution in [0.2, 0.25) is 0 Å². The Labute approximate surface area is 145 Å². The largest absolute Gasteiger partial charge is 0.480 e. The zero-order chi connectivity index (χ0) is 18.4. The van der Waals surface area contributed by atoms with Crippen molar-refractivity contribution >= 4 is 22.8 Å². The number of rotatable bonds is 4. The zero-order valence-electron chi connectivity index (χ0n) is 14.5. The van der Waals surface area contributed by atoms with Gasteiger partial charge < -0.3 is 20.6 Å². The summed E-state index contributed by atoms with van der Waals surface area (Å²) in [5.74, 6) is -1.92. The number of fused-ring (bicyclic) bond motifs is 1. The van der Waals surface area contributed by atoms with E-state index < -0.39 is 35.7 Å². The third kappa shape index (κ3) is 3.38. The first-order valence-electron chi connectivity index (χ1n) is 8.22. The molecule has 25 heavy (non-hydrogen) atoms. The summed E-state index contributed by atoms with van der Waals surface area (Å²) in [4.78, 5) is 28.7. The highest BCUT2D eigenvalue weighted by molar-refractivity contribution is 5.84. The van der Waals surface area contributed by atoms with Crippen LogP contribution in [0.4, 0.5) is 0 Å². The van der Waals surface area contributed by atoms with Gasteiger partial charge in [0.1, 0.15) is 11.6 Å². The number of likely N-dealkylation sites (tertiary alicyclic amines) is 1. The minimum Gasteiger partial charge on any atom is -0.480 e. The number of esters is 1. The molecular formula is C18H23N3O4. The van der Waals surface area contributed by atoms with Crippen molar-refractivity contribution in [2.75, 3.05) is 6.54 Å². The van der Waals surface area contributed by atoms with Crippen molar-refractivity contribution in [3.63, 3.8) is 0 Å². The number of carboxylic acid groups (broad SMARTS) is 1. The predicted molar refractivity (Wildman–Crippen MR) is 92.7 cm³/mol. The van der Waals surface area contributed by atoms with E-state index in [2.05, 4.69) is 4.98 Å². The molecule has 0 spiro atoms. The van der Waals surface area contributed by atoms with Crippen LogP contribution in [0.1, 0.15) is 32.5 Å². The van der Waals surface area contributed by atoms with E-state index >= 15 is 0 Å². The molecule has 0 amide bonds. The van der Waals surface area contributed by atoms with Crippen LogP contribution in [-0.4, -0.2) is 45.2 Å². The Morgan fingerprint density at radius 3 is 2.60 bits per heavy atom. The van der Waals surface area contributed by atoms with E-state index in [1.807, 2.05) is 30.3 Å². The summed E-state index contributed by atoms with van der Waals surface area (Å²) in [5, 5.41) is 10.6. The fourth-order valence-corrected chi connectivity index (χ4v) is 3.12. The molecule has 7 nitrogen and oxygen atoms in total. The number of aromatic amines is 1. The second kappa shape index (κ2) is 6.16. The summed E-state index contributed by atoms with van der Waals surface area (Å²) in [6.07, 6.45) is -0.692. The van der Waals surface area contributed by atoms with Crippen molar-refractivity contribution in [2.24, 2.45) is 11.7 Å². The maximum absolute atomic E-state index is 12.2. The lowest BCUT2D eigenvalue weighted by Gasteiger charge is -2.47. The van der Waals surface area contributed by atoms with Crippen molar-refractivity contribution in [1.82, 2.24) is 9.88 Å². The van der Waals surface area contributed by atoms with Crippen LogP contribution in [0.3, 0.4) is 0 Å². The van der Waals surface area contributed by atoms with E-state index in [1.165, 1.54) is 0 Å². The first-order chi connectivity index (χ1) is 11.7. The molecule has 1 aliphatic heterocycles. The van der Waals surface area contributed by atoms with Crippen molar-refractivity contribution in [3.8, 4) is 0 Å². The second-order valence-electron chi connectivity index (χ2n) is 7.38. The van der Waals surface area contributed by atoms with Gasteiger partial charge in [-0.1, -0.05) is 18.2 Å². The second-order valence-corrected chi connectivity index (χ2v) is 7.38. The Bertz CT molecular complexity index is 775. The van der Waals surface area contributed by atoms with Crippen molar-refractivity contribution < 1.29 is 19.4 Å². The number of benzene rings is 1. The lowest BCUT2D eigenvalue weighted by Crippen LogP contribution is -2.66. The molecule has 1 saturated heterocycles. The zero-order valence-corrected chi connectivity index (χ0v) is 14.5. The lowest BCUT2D eigenvalue weighted by atomic mass is 9.92. The van der Waals surface area contributed by atoms with Gasteiger partial charge in [0.25, 0.3) is 0 Å². The molecule has 1 aromatic carbocycles. The first kappa shape index (κ1) is 17.4. The normalized spacial score (nSPS) is 22.4. The van der Waals surface area contributed by atoms with Gasteiger partial charge in [-0.2, -0.15) is 0 Å². The van der Waals surface area contributed by atoms with Gasteiger partial charge >= 0.3 is 11.9 Å². The molecule has 134 valence electrons. The summed E-state index contributed by atoms with van der Waals surface area (Å²) in [5.41, 5.74) is 6.92. The molecule has 1 aromatic heterocycles. The average Bonchev–Trinajstić information content (AvgIpc) is 2.91. The number of nitrogens with zero attached hydrogens (tertiary/aromatic N) is 1. The van der Waals surface area contributed by atoms with Crippen LogP contribution in [0.15, 0.2) is 30.3 Å². The standard InChI is InChI=1S/C18H23N3O4/c1-18(2,3)25-17(24)11-9-21(15(11)19)14(16(22)23)13-8-10-6-4-5-7-12(10)20-13/h4-8,11,14-15,20H,9,19H2,1-3H3,(H,22,23)/t11-,14+,15-/m1/s1. The number of nitrogens with one attached hydrogen (secondary N) is 1. The molecule has 2 aromatic rings. The van der Waals surface area contributed by atoms with Crippen LogP contribution >= 0.6 is 0 Å². The molecule has 0 unspecified atom stereocenters. The van der Waals surface area contributed by atoms with Gasteiger partial charge in [-0.3, -0.25) is 14.5 Å². The number of H-pyrrole nitrogens is 1. The highest BCUT2D eigenvalue weighted by Crippen LogP contribution is 2.34. The average molecular weight is 345 g/mol. The fourth-order valence-electron chi connectivity index (χ4n) is 3.12. The quantitative estimate of drug-likeness (QED) is 0.730. The molecule has 1 aliphatic rings. The van der Waals surface area contributed by atoms with Crippen molar-refractivity contribution in [2.45, 2.75) is 38.6 Å². The van der Waals surface area contributed by atoms with Crippen LogP contribution in [0.5, 0.6) is 0 Å². The molecule has 2 heterocycles. The Kier molecular flexibility index (Phi) is 4.30. The number of carboxylic acids is 1. The molecule has 0 aliphatic carbocycles. The van der Waals surface area contributed by atoms with Crippen molar-refractivity contribution in [3.05, 3.63) is 36.0 Å². The summed E-state index contributed by atoms with van der Waals surface area (Å²) < 4.78 is 5.35. The smallest absolute Gasteiger partial charge is 0.327 e. The SMILES string of the molecule is CC(C)(C)OC(=O)[C@@H]1CN([C@H](C(=O)O)c2cc3ccccc3[nH]2)[C@H]1N. The molecule has 0 saturated carbocycles. The van der Waals surface area contributed by atoms with E-state index in [0.29, 0.717) is 5.69 Å². The van der Waals surface area contributed by atoms with Crippen LogP contribution in [-0.2, 0) is 14.3 Å². The number of carbonyl (C=O) groups excluding carboxylic acids is 1. The Morgan fingerprint density at radius 1 is 1.36 bits per heavy atom. The number of aromatic nitrogens is 1. The lowest BCUT2D eigenvalue weighted by molar-refractivity contribution is -0.177. The third-order valence-electron chi connectivity index (χ3n) is 4.32. The summed E-state index contributed by atoms with van der Waals surface area (Å²) in [6.45, 7) is 5.62. The Morgan fingerprint density at radius 2 is 2.04 bits per heavy atom. The molecule has 4 N–H and O–H groups in total. The monoisotopic (exact) mass is 345 g/mol. The first-order valence-corrected chi connectivity index (χ1v) is 8.22. The number of aliphatic carboxylic acids is 1. The maximum Gasteiger partial charge on any atom is 0.327 e. The van der Waals surface area contributed by atoms with E-state index in [0.717, 1.165) is 10.9 Å². The summed E-state index contributed by atoms with van der Waals surface area (Å²) in [6, 6.07) is 8.45. The minimum atomic E-state index is -1.01. The fraction of sp³-hybridized carbons (Fsp3) is 0.444. The molecule has 3 atom stereocenters. The van der Waals surface area contributed by atoms with Gasteiger partial charge in [-0.25, -0.2) is 0 Å². The number of ether oxygens (including phenoxy) is 1. The number of nitrogens with two attached hydrogens (primary N) is 1. The number of carbonyl (C=O) groups is 2. The van der Waals surface area contributed by atoms with Crippen LogP contribution in [0.25, 0.3) is 10.9 Å². The number of hydrogen-bond donors (Lipinski definition) is 3. The Hall–Kier alpha value is -2.38. The highest BCUT2D eigenvalue weighted by Gasteiger charge is 2.49. The van der Waals surface area contributed by atoms with Gasteiger partial charge in [0.15, 0.2) is 0 Å². The van der Waals surface area contributed by atoms with Gasteiger partial charge in [0, 0.05) is 17.8 Å². The van der Waals surface area contributed by atoms with Crippen molar-refractivity contribution in [1.29, 1.82) is 0 Å². The maximum atomic E-state index is 12.2. The number of hydrogen-bond acceptors (Lipinski definition) is 5. The molecule has 7 heteroatoms. The molecule has 0 bridgehead atoms. The minimum absolute atomic E-state index is 0.252. The van der Waals surface area contributed by atoms with E-state index in [4.69, 9.17) is 10.5 Å². The van der Waals surface area contributed by atoms with Gasteiger partial charge in [0.05, 0.1) is 12.1 Å². The van der Waals surface area contributed by atoms with Gasteiger partial charge in [-0.05, 0) is 38.3 Å². The van der Waals surface area contributed by atoms with E-state index in [9.17, 15) is 14.7 Å². The molecular weight excluding hydrogens is 322 g/mol. The van der Waals surface area contributed by atoms with E-state index in [1.54, 1.807) is 25.7 Å². The Balaban J connectivity index is 1.79. The summed E-state index contributed by atoms with van der Waals surface area (Å²) >= 11 is 0. The molecule has 1 fully saturated rings. The topological polar surface area (TPSA) is 109 Å².